The number of likely N-dealkylation sites (N-methyl/N-ethyl adjacent to an activating group) is 1. The number of carboxylic acid groups (broad SMARTS) is 2. The smallest absolute Gasteiger partial charge is 0.475 e. The van der Waals surface area contributed by atoms with E-state index in [-0.39, 0.29) is 0 Å². The second kappa shape index (κ2) is 12.9. The van der Waals surface area contributed by atoms with Crippen LogP contribution in [0.3, 0.4) is 0 Å². The van der Waals surface area contributed by atoms with Crippen LogP contribution in [0.2, 0.25) is 0 Å². The van der Waals surface area contributed by atoms with Gasteiger partial charge in [-0.3, -0.25) is 14.4 Å². The lowest BCUT2D eigenvalue weighted by Crippen LogP contribution is -2.53. The number of alkyl halides is 6. The summed E-state index contributed by atoms with van der Waals surface area (Å²) in [4.78, 5) is 36.9. The number of rotatable bonds is 5. The summed E-state index contributed by atoms with van der Waals surface area (Å²) in [6, 6.07) is 0.915. The van der Waals surface area contributed by atoms with E-state index in [1.54, 1.807) is 0 Å². The average molecular weight is 533 g/mol. The van der Waals surface area contributed by atoms with Crippen LogP contribution in [0.1, 0.15) is 24.8 Å². The summed E-state index contributed by atoms with van der Waals surface area (Å²) in [5.74, 6) is -5.17. The van der Waals surface area contributed by atoms with Gasteiger partial charge in [-0.2, -0.15) is 31.4 Å². The summed E-state index contributed by atoms with van der Waals surface area (Å²) < 4.78 is 65.3. The molecule has 3 rings (SSSR count). The number of likely N-dealkylation sites (tertiary alicyclic amines) is 2. The number of hydrogen-bond donors (Lipinski definition) is 2. The molecule has 1 aromatic heterocycles. The van der Waals surface area contributed by atoms with Gasteiger partial charge in [0.25, 0.3) is 0 Å². The Bertz CT molecular complexity index is 865. The van der Waals surface area contributed by atoms with Gasteiger partial charge < -0.3 is 20.0 Å². The number of fused-ring (bicyclic) bond motifs is 1. The molecule has 2 saturated heterocycles. The number of piperidine rings is 1. The topological polar surface area (TPSA) is 119 Å². The molecule has 16 heteroatoms. The number of aliphatic carboxylic acids is 2. The van der Waals surface area contributed by atoms with Crippen LogP contribution in [0, 0.1) is 0 Å². The van der Waals surface area contributed by atoms with E-state index in [1.165, 1.54) is 5.56 Å². The Labute approximate surface area is 203 Å². The van der Waals surface area contributed by atoms with E-state index in [0.717, 1.165) is 39.0 Å². The summed E-state index contributed by atoms with van der Waals surface area (Å²) in [6.45, 7) is 3.83. The fourth-order valence-electron chi connectivity index (χ4n) is 3.82. The zero-order valence-corrected chi connectivity index (χ0v) is 19.9. The zero-order chi connectivity index (χ0) is 27.8. The van der Waals surface area contributed by atoms with Crippen LogP contribution in [-0.2, 0) is 28.0 Å². The van der Waals surface area contributed by atoms with Crippen LogP contribution >= 0.6 is 0 Å². The van der Waals surface area contributed by atoms with Crippen LogP contribution in [0.4, 0.5) is 26.3 Å². The van der Waals surface area contributed by atoms with Crippen LogP contribution in [0.25, 0.3) is 0 Å². The highest BCUT2D eigenvalue weighted by Gasteiger charge is 2.43. The first kappa shape index (κ1) is 31.2. The van der Waals surface area contributed by atoms with Crippen molar-refractivity contribution in [1.82, 2.24) is 24.5 Å². The van der Waals surface area contributed by atoms with E-state index in [4.69, 9.17) is 19.8 Å². The van der Waals surface area contributed by atoms with Gasteiger partial charge in [0.2, 0.25) is 5.91 Å². The van der Waals surface area contributed by atoms with Crippen molar-refractivity contribution >= 4 is 17.8 Å². The van der Waals surface area contributed by atoms with Crippen LogP contribution in [-0.4, -0.2) is 111 Å². The van der Waals surface area contributed by atoms with Crippen LogP contribution in [0.5, 0.6) is 0 Å². The molecular weight excluding hydrogens is 504 g/mol. The Hall–Kier alpha value is -2.88. The molecule has 0 saturated carbocycles. The average Bonchev–Trinajstić information content (AvgIpc) is 3.33. The third-order valence-electron chi connectivity index (χ3n) is 5.42. The number of amides is 1. The number of carboxylic acids is 2. The van der Waals surface area contributed by atoms with Gasteiger partial charge in [0.05, 0.1) is 6.20 Å². The van der Waals surface area contributed by atoms with Crippen LogP contribution < -0.4 is 0 Å². The van der Waals surface area contributed by atoms with E-state index >= 15 is 0 Å². The van der Waals surface area contributed by atoms with Crippen molar-refractivity contribution in [2.75, 3.05) is 33.7 Å². The molecule has 2 N–H and O–H groups in total. The minimum absolute atomic E-state index is 0.339. The Morgan fingerprint density at radius 3 is 2.00 bits per heavy atom. The number of hydrogen-bond acceptors (Lipinski definition) is 6. The van der Waals surface area contributed by atoms with E-state index in [9.17, 15) is 31.1 Å². The monoisotopic (exact) mass is 533 g/mol. The van der Waals surface area contributed by atoms with E-state index in [0.29, 0.717) is 24.4 Å². The predicted octanol–water partition coefficient (Wildman–Crippen LogP) is 1.81. The zero-order valence-electron chi connectivity index (χ0n) is 19.9. The largest absolute Gasteiger partial charge is 0.490 e. The number of carbonyl (C=O) groups excluding carboxylic acids is 1. The molecule has 36 heavy (non-hydrogen) atoms. The Balaban J connectivity index is 0.000000383. The molecule has 0 spiro atoms. The highest BCUT2D eigenvalue weighted by atomic mass is 19.4. The number of halogens is 6. The van der Waals surface area contributed by atoms with Gasteiger partial charge in [-0.1, -0.05) is 0 Å². The first-order chi connectivity index (χ1) is 16.4. The third kappa shape index (κ3) is 10.0. The van der Waals surface area contributed by atoms with Crippen molar-refractivity contribution in [2.45, 2.75) is 50.2 Å². The van der Waals surface area contributed by atoms with Crippen LogP contribution in [0.15, 0.2) is 12.4 Å². The second-order valence-electron chi connectivity index (χ2n) is 8.45. The van der Waals surface area contributed by atoms with Crippen molar-refractivity contribution in [3.8, 4) is 0 Å². The maximum Gasteiger partial charge on any atom is 0.490 e. The Morgan fingerprint density at radius 1 is 1.06 bits per heavy atom. The van der Waals surface area contributed by atoms with Gasteiger partial charge in [0, 0.05) is 63.5 Å². The predicted molar refractivity (Wildman–Crippen MR) is 113 cm³/mol. The minimum Gasteiger partial charge on any atom is -0.475 e. The quantitative estimate of drug-likeness (QED) is 0.551. The molecule has 10 nitrogen and oxygen atoms in total. The maximum absolute atomic E-state index is 12.3. The molecular formula is C20H29F6N5O5. The first-order valence-electron chi connectivity index (χ1n) is 10.7. The second-order valence-corrected chi connectivity index (χ2v) is 8.45. The summed E-state index contributed by atoms with van der Waals surface area (Å²) in [5, 5.41) is 18.5. The van der Waals surface area contributed by atoms with Crippen molar-refractivity contribution < 1.29 is 50.9 Å². The van der Waals surface area contributed by atoms with Crippen molar-refractivity contribution in [2.24, 2.45) is 7.05 Å². The Kier molecular flexibility index (Phi) is 11.2. The van der Waals surface area contributed by atoms with E-state index < -0.39 is 24.3 Å². The molecule has 2 aliphatic rings. The lowest BCUT2D eigenvalue weighted by molar-refractivity contribution is -0.193. The molecule has 0 aromatic carbocycles. The fourth-order valence-corrected chi connectivity index (χ4v) is 3.82. The normalized spacial score (nSPS) is 20.3. The summed E-state index contributed by atoms with van der Waals surface area (Å²) in [5.41, 5.74) is 1.26. The lowest BCUT2D eigenvalue weighted by atomic mass is 9.96. The Morgan fingerprint density at radius 2 is 1.58 bits per heavy atom. The lowest BCUT2D eigenvalue weighted by Gasteiger charge is -2.40. The van der Waals surface area contributed by atoms with E-state index in [2.05, 4.69) is 40.1 Å². The summed E-state index contributed by atoms with van der Waals surface area (Å²) in [7, 11) is 6.09. The number of carbonyl (C=O) groups is 3. The molecule has 0 aliphatic carbocycles. The standard InChI is InChI=1S/C16H27N5O.2C2HF3O2/c1-18(2)8-9-21-15-6-7-20(14(15)4-5-16(21)22)12-13-10-17-19(3)11-13;2*3-2(4,5)1(6)7/h10-11,14-15H,4-9,12H2,1-3H3;2*(H,6,7)/t14-,15-;;/m1../s1. The van der Waals surface area contributed by atoms with Crippen molar-refractivity contribution in [1.29, 1.82) is 0 Å². The molecule has 0 bridgehead atoms. The molecule has 206 valence electrons. The summed E-state index contributed by atoms with van der Waals surface area (Å²) >= 11 is 0. The number of aryl methyl sites for hydroxylation is 1. The molecule has 2 aliphatic heterocycles. The molecule has 2 atom stereocenters. The highest BCUT2D eigenvalue weighted by Crippen LogP contribution is 2.32. The molecule has 2 fully saturated rings. The maximum atomic E-state index is 12.3. The van der Waals surface area contributed by atoms with Gasteiger partial charge in [0.15, 0.2) is 0 Å². The number of aromatic nitrogens is 2. The van der Waals surface area contributed by atoms with Gasteiger partial charge in [-0.25, -0.2) is 9.59 Å². The highest BCUT2D eigenvalue weighted by molar-refractivity contribution is 5.77. The minimum atomic E-state index is -5.08. The molecule has 1 aromatic rings. The van der Waals surface area contributed by atoms with E-state index in [1.807, 2.05) is 17.9 Å². The molecule has 1 amide bonds. The van der Waals surface area contributed by atoms with Crippen molar-refractivity contribution in [3.05, 3.63) is 18.0 Å². The molecule has 0 radical (unpaired) electrons. The third-order valence-corrected chi connectivity index (χ3v) is 5.42. The van der Waals surface area contributed by atoms with Gasteiger partial charge >= 0.3 is 24.3 Å². The molecule has 3 heterocycles. The fraction of sp³-hybridized carbons (Fsp3) is 0.700. The molecule has 0 unspecified atom stereocenters. The number of nitrogens with zero attached hydrogens (tertiary/aromatic N) is 5. The van der Waals surface area contributed by atoms with Gasteiger partial charge in [-0.15, -0.1) is 0 Å². The van der Waals surface area contributed by atoms with Gasteiger partial charge in [0.1, 0.15) is 0 Å². The van der Waals surface area contributed by atoms with Crippen molar-refractivity contribution in [3.63, 3.8) is 0 Å². The SMILES string of the molecule is CN(C)CCN1C(=O)CC[C@@H]2[C@H]1CCN2Cc1cnn(C)c1.O=C(O)C(F)(F)F.O=C(O)C(F)(F)F. The van der Waals surface area contributed by atoms with Gasteiger partial charge in [-0.05, 0) is 26.9 Å². The first-order valence-corrected chi connectivity index (χ1v) is 10.7. The summed E-state index contributed by atoms with van der Waals surface area (Å²) in [6.07, 6.45) is -3.33.